The van der Waals surface area contributed by atoms with Crippen LogP contribution in [0.4, 0.5) is 0 Å². The van der Waals surface area contributed by atoms with Gasteiger partial charge in [0.05, 0.1) is 5.92 Å². The van der Waals surface area contributed by atoms with Crippen LogP contribution in [0.3, 0.4) is 0 Å². The number of fused-ring (bicyclic) bond motifs is 2. The van der Waals surface area contributed by atoms with Crippen LogP contribution in [0.2, 0.25) is 0 Å². The van der Waals surface area contributed by atoms with Crippen LogP contribution < -0.4 is 0 Å². The minimum Gasteiger partial charge on any atom is -0.435 e. The maximum atomic E-state index is 12.6. The molecule has 1 spiro atoms. The summed E-state index contributed by atoms with van der Waals surface area (Å²) >= 11 is 0. The normalized spacial score (nSPS) is 52.3. The van der Waals surface area contributed by atoms with E-state index in [0.29, 0.717) is 11.8 Å². The molecule has 0 aromatic rings. The van der Waals surface area contributed by atoms with Gasteiger partial charge in [0.2, 0.25) is 12.1 Å². The van der Waals surface area contributed by atoms with Crippen molar-refractivity contribution in [2.45, 2.75) is 96.1 Å². The number of carbonyl (C=O) groups is 1. The first-order valence-corrected chi connectivity index (χ1v) is 10.8. The van der Waals surface area contributed by atoms with E-state index in [1.807, 2.05) is 6.92 Å². The molecule has 0 aromatic carbocycles. The molecular formula is C21H32O6. The molecule has 2 saturated carbocycles. The fourth-order valence-electron chi connectivity index (χ4n) is 6.38. The minimum absolute atomic E-state index is 0.0272. The molecule has 6 fully saturated rings. The second-order valence-electron chi connectivity index (χ2n) is 9.69. The molecule has 6 nitrogen and oxygen atoms in total. The predicted molar refractivity (Wildman–Crippen MR) is 94.9 cm³/mol. The van der Waals surface area contributed by atoms with Crippen molar-refractivity contribution in [3.8, 4) is 0 Å². The van der Waals surface area contributed by atoms with E-state index < -0.39 is 24.0 Å². The fraction of sp³-hybridized carbons (Fsp3) is 0.952. The van der Waals surface area contributed by atoms with E-state index in [0.717, 1.165) is 51.4 Å². The molecule has 0 amide bonds. The van der Waals surface area contributed by atoms with Gasteiger partial charge in [-0.2, -0.15) is 0 Å². The quantitative estimate of drug-likeness (QED) is 0.534. The van der Waals surface area contributed by atoms with Crippen molar-refractivity contribution < 1.29 is 28.8 Å². The molecular weight excluding hydrogens is 348 g/mol. The van der Waals surface area contributed by atoms with Gasteiger partial charge >= 0.3 is 5.97 Å². The highest BCUT2D eigenvalue weighted by molar-refractivity contribution is 5.72. The highest BCUT2D eigenvalue weighted by atomic mass is 17.3. The van der Waals surface area contributed by atoms with Crippen LogP contribution in [0.25, 0.3) is 0 Å². The Morgan fingerprint density at radius 1 is 1.00 bits per heavy atom. The van der Waals surface area contributed by atoms with E-state index in [1.54, 1.807) is 0 Å². The average Bonchev–Trinajstić information content (AvgIpc) is 3.09. The molecule has 152 valence electrons. The van der Waals surface area contributed by atoms with Gasteiger partial charge in [0.15, 0.2) is 11.9 Å². The maximum Gasteiger partial charge on any atom is 0.311 e. The van der Waals surface area contributed by atoms with Gasteiger partial charge < -0.3 is 14.2 Å². The monoisotopic (exact) mass is 380 g/mol. The summed E-state index contributed by atoms with van der Waals surface area (Å²) in [4.78, 5) is 24.6. The lowest BCUT2D eigenvalue weighted by molar-refractivity contribution is -0.576. The summed E-state index contributed by atoms with van der Waals surface area (Å²) in [5, 5.41) is 0. The summed E-state index contributed by atoms with van der Waals surface area (Å²) in [6.07, 6.45) is 6.93. The van der Waals surface area contributed by atoms with Gasteiger partial charge in [-0.1, -0.05) is 26.7 Å². The van der Waals surface area contributed by atoms with E-state index in [2.05, 4.69) is 13.8 Å². The lowest BCUT2D eigenvalue weighted by Crippen LogP contribution is -2.70. The van der Waals surface area contributed by atoms with E-state index in [-0.39, 0.29) is 23.7 Å². The fourth-order valence-corrected chi connectivity index (χ4v) is 6.38. The van der Waals surface area contributed by atoms with Crippen molar-refractivity contribution in [3.63, 3.8) is 0 Å². The zero-order valence-corrected chi connectivity index (χ0v) is 16.6. The van der Waals surface area contributed by atoms with Gasteiger partial charge in [-0.15, -0.1) is 0 Å². The molecule has 0 radical (unpaired) electrons. The average molecular weight is 380 g/mol. The van der Waals surface area contributed by atoms with Gasteiger partial charge in [-0.25, -0.2) is 9.78 Å². The van der Waals surface area contributed by atoms with Gasteiger partial charge in [-0.3, -0.25) is 4.79 Å². The molecule has 8 atom stereocenters. The minimum atomic E-state index is -0.794. The Morgan fingerprint density at radius 2 is 1.78 bits per heavy atom. The molecule has 6 aliphatic rings. The number of hydrogen-bond acceptors (Lipinski definition) is 6. The largest absolute Gasteiger partial charge is 0.435 e. The lowest BCUT2D eigenvalue weighted by Gasteiger charge is -2.59. The zero-order chi connectivity index (χ0) is 18.8. The summed E-state index contributed by atoms with van der Waals surface area (Å²) in [5.41, 5.74) is -0.594. The molecule has 4 heterocycles. The number of esters is 1. The smallest absolute Gasteiger partial charge is 0.311 e. The van der Waals surface area contributed by atoms with Crippen molar-refractivity contribution >= 4 is 5.97 Å². The summed E-state index contributed by atoms with van der Waals surface area (Å²) < 4.78 is 18.5. The maximum absolute atomic E-state index is 12.6. The van der Waals surface area contributed by atoms with Crippen molar-refractivity contribution in [3.05, 3.63) is 0 Å². The molecule has 4 saturated heterocycles. The first-order chi connectivity index (χ1) is 12.9. The molecule has 0 aromatic heterocycles. The molecule has 4 aliphatic heterocycles. The Bertz CT molecular complexity index is 603. The zero-order valence-electron chi connectivity index (χ0n) is 16.6. The highest BCUT2D eigenvalue weighted by Gasteiger charge is 2.69. The number of hydrogen-bond donors (Lipinski definition) is 0. The first kappa shape index (κ1) is 18.3. The number of rotatable bonds is 2. The van der Waals surface area contributed by atoms with Crippen molar-refractivity contribution in [1.82, 2.24) is 0 Å². The van der Waals surface area contributed by atoms with E-state index in [9.17, 15) is 4.79 Å². The van der Waals surface area contributed by atoms with Crippen LogP contribution in [0.15, 0.2) is 0 Å². The molecule has 2 aliphatic carbocycles. The van der Waals surface area contributed by atoms with Crippen LogP contribution in [-0.2, 0) is 28.8 Å². The van der Waals surface area contributed by atoms with Crippen molar-refractivity contribution in [1.29, 1.82) is 0 Å². The van der Waals surface area contributed by atoms with Crippen LogP contribution >= 0.6 is 0 Å². The van der Waals surface area contributed by atoms with E-state index >= 15 is 0 Å². The van der Waals surface area contributed by atoms with Crippen LogP contribution in [0.1, 0.15) is 72.1 Å². The first-order valence-electron chi connectivity index (χ1n) is 10.8. The third kappa shape index (κ3) is 2.70. The third-order valence-corrected chi connectivity index (χ3v) is 8.02. The summed E-state index contributed by atoms with van der Waals surface area (Å²) in [7, 11) is 0. The van der Waals surface area contributed by atoms with Crippen LogP contribution in [-0.4, -0.2) is 29.9 Å². The number of carbonyl (C=O) groups excluding carboxylic acids is 1. The molecule has 6 heteroatoms. The Balaban J connectivity index is 1.43. The van der Waals surface area contributed by atoms with Crippen LogP contribution in [0.5, 0.6) is 0 Å². The highest BCUT2D eigenvalue weighted by Crippen LogP contribution is 2.60. The lowest BCUT2D eigenvalue weighted by atomic mass is 9.58. The second kappa shape index (κ2) is 6.41. The topological polar surface area (TPSA) is 63.2 Å². The molecule has 2 bridgehead atoms. The van der Waals surface area contributed by atoms with E-state index in [1.165, 1.54) is 0 Å². The predicted octanol–water partition coefficient (Wildman–Crippen LogP) is 3.93. The Morgan fingerprint density at radius 3 is 2.56 bits per heavy atom. The third-order valence-electron chi connectivity index (χ3n) is 8.02. The molecule has 6 rings (SSSR count). The number of ether oxygens (including phenoxy) is 3. The second-order valence-corrected chi connectivity index (χ2v) is 9.69. The molecule has 27 heavy (non-hydrogen) atoms. The van der Waals surface area contributed by atoms with E-state index in [4.69, 9.17) is 24.0 Å². The summed E-state index contributed by atoms with van der Waals surface area (Å²) in [5.74, 6) is 0.239. The van der Waals surface area contributed by atoms with Crippen molar-refractivity contribution in [2.24, 2.45) is 29.6 Å². The Labute approximate surface area is 161 Å². The van der Waals surface area contributed by atoms with Crippen LogP contribution in [0, 0.1) is 29.6 Å². The van der Waals surface area contributed by atoms with Crippen molar-refractivity contribution in [2.75, 3.05) is 0 Å². The molecule has 0 N–H and O–H groups in total. The summed E-state index contributed by atoms with van der Waals surface area (Å²) in [6, 6.07) is 0. The van der Waals surface area contributed by atoms with Gasteiger partial charge in [0.1, 0.15) is 0 Å². The van der Waals surface area contributed by atoms with Gasteiger partial charge in [-0.05, 0) is 50.9 Å². The SMILES string of the molecule is C[C@@H]1[C@H](OC(=O)C2CCCC2)O[C@@H]2O[C@@]3(C)CC[C@H]4[C@H](C)CC[C@H]1[C@@]24OO3. The Kier molecular flexibility index (Phi) is 4.35. The Hall–Kier alpha value is -0.690. The van der Waals surface area contributed by atoms with Gasteiger partial charge in [0, 0.05) is 18.3 Å². The summed E-state index contributed by atoms with van der Waals surface area (Å²) in [6.45, 7) is 6.34. The van der Waals surface area contributed by atoms with Gasteiger partial charge in [0.25, 0.3) is 0 Å². The standard InChI is InChI=1S/C21H32O6/c1-12-8-9-16-13(2)18(23-17(22)14-6-4-5-7-14)24-19-21(16)15(12)10-11-20(3,25-19)26-27-21/h12-16,18-19H,4-11H2,1-3H3/t12-,13+,15+,16-,18-,19-,20-,21-/m1/s1. The molecule has 0 unspecified atom stereocenters.